The molecule has 1 aliphatic heterocycles. The van der Waals surface area contributed by atoms with E-state index in [0.29, 0.717) is 0 Å². The molecule has 0 bridgehead atoms. The number of hydrogen-bond acceptors (Lipinski definition) is 2. The number of H-pyrrole nitrogens is 1. The van der Waals surface area contributed by atoms with Crippen LogP contribution in [0.25, 0.3) is 0 Å². The molecule has 0 radical (unpaired) electrons. The molecule has 0 amide bonds. The van der Waals surface area contributed by atoms with Crippen LogP contribution in [0.3, 0.4) is 0 Å². The maximum absolute atomic E-state index is 4.21. The summed E-state index contributed by atoms with van der Waals surface area (Å²) in [5.41, 5.74) is 1.22. The van der Waals surface area contributed by atoms with Crippen molar-refractivity contribution in [2.45, 2.75) is 12.8 Å². The van der Waals surface area contributed by atoms with E-state index in [0.717, 1.165) is 13.0 Å². The molecule has 1 aromatic heterocycles. The van der Waals surface area contributed by atoms with Crippen LogP contribution in [0, 0.1) is 0 Å². The van der Waals surface area contributed by atoms with Gasteiger partial charge in [0.2, 0.25) is 0 Å². The summed E-state index contributed by atoms with van der Waals surface area (Å²) >= 11 is 0. The molecular formula is C7H11N3. The van der Waals surface area contributed by atoms with Crippen LogP contribution in [0.4, 0.5) is 5.82 Å². The maximum atomic E-state index is 4.21. The Labute approximate surface area is 60.1 Å². The normalized spacial score (nSPS) is 17.1. The molecule has 54 valence electrons. The highest BCUT2D eigenvalue weighted by atomic mass is 15.2. The van der Waals surface area contributed by atoms with Crippen LogP contribution in [0.15, 0.2) is 6.33 Å². The summed E-state index contributed by atoms with van der Waals surface area (Å²) in [6.07, 6.45) is 4.13. The van der Waals surface area contributed by atoms with Gasteiger partial charge in [-0.2, -0.15) is 0 Å². The lowest BCUT2D eigenvalue weighted by atomic mass is 10.1. The van der Waals surface area contributed by atoms with Gasteiger partial charge in [0.25, 0.3) is 0 Å². The number of aryl methyl sites for hydroxylation is 1. The lowest BCUT2D eigenvalue weighted by Gasteiger charge is -2.22. The highest BCUT2D eigenvalue weighted by Crippen LogP contribution is 2.20. The molecule has 3 heteroatoms. The Bertz CT molecular complexity index is 229. The number of hydrogen-bond donors (Lipinski definition) is 1. The smallest absolute Gasteiger partial charge is 0.128 e. The number of anilines is 1. The van der Waals surface area contributed by atoms with Crippen LogP contribution in [-0.4, -0.2) is 23.6 Å². The van der Waals surface area contributed by atoms with Crippen molar-refractivity contribution in [2.75, 3.05) is 18.5 Å². The summed E-state index contributed by atoms with van der Waals surface area (Å²) in [6, 6.07) is 0. The fourth-order valence-electron chi connectivity index (χ4n) is 1.42. The molecule has 0 atom stereocenters. The average molecular weight is 137 g/mol. The number of nitrogens with zero attached hydrogens (tertiary/aromatic N) is 2. The zero-order valence-electron chi connectivity index (χ0n) is 6.09. The fraction of sp³-hybridized carbons (Fsp3) is 0.571. The van der Waals surface area contributed by atoms with Crippen molar-refractivity contribution in [3.63, 3.8) is 0 Å². The standard InChI is InChI=1S/C7H11N3/c1-10-4-2-3-6-7(10)9-5-8-6/h5H,2-4H2,1H3,(H,8,9). The summed E-state index contributed by atoms with van der Waals surface area (Å²) in [5.74, 6) is 1.20. The van der Waals surface area contributed by atoms with Gasteiger partial charge >= 0.3 is 0 Å². The van der Waals surface area contributed by atoms with Crippen LogP contribution >= 0.6 is 0 Å². The third-order valence-electron chi connectivity index (χ3n) is 1.98. The number of nitrogens with one attached hydrogen (secondary N) is 1. The lowest BCUT2D eigenvalue weighted by molar-refractivity contribution is 0.727. The van der Waals surface area contributed by atoms with Crippen LogP contribution in [0.5, 0.6) is 0 Å². The average Bonchev–Trinajstić information content (AvgIpc) is 2.36. The first-order valence-electron chi connectivity index (χ1n) is 3.61. The third kappa shape index (κ3) is 0.701. The van der Waals surface area contributed by atoms with Crippen molar-refractivity contribution in [1.82, 2.24) is 9.97 Å². The van der Waals surface area contributed by atoms with Crippen molar-refractivity contribution in [2.24, 2.45) is 0 Å². The Morgan fingerprint density at radius 2 is 2.60 bits per heavy atom. The molecule has 0 aromatic carbocycles. The number of fused-ring (bicyclic) bond motifs is 1. The van der Waals surface area contributed by atoms with Gasteiger partial charge in [0.1, 0.15) is 5.82 Å². The van der Waals surface area contributed by atoms with Gasteiger partial charge in [-0.1, -0.05) is 0 Å². The first-order chi connectivity index (χ1) is 4.88. The van der Waals surface area contributed by atoms with E-state index < -0.39 is 0 Å². The molecule has 2 heterocycles. The molecule has 3 nitrogen and oxygen atoms in total. The van der Waals surface area contributed by atoms with E-state index in [2.05, 4.69) is 21.9 Å². The molecule has 0 saturated heterocycles. The van der Waals surface area contributed by atoms with Crippen LogP contribution < -0.4 is 4.90 Å². The van der Waals surface area contributed by atoms with Crippen molar-refractivity contribution >= 4 is 5.82 Å². The minimum atomic E-state index is 1.13. The summed E-state index contributed by atoms with van der Waals surface area (Å²) in [6.45, 7) is 1.15. The Kier molecular flexibility index (Phi) is 1.16. The van der Waals surface area contributed by atoms with Crippen LogP contribution in [0.1, 0.15) is 12.1 Å². The fourth-order valence-corrected chi connectivity index (χ4v) is 1.42. The van der Waals surface area contributed by atoms with E-state index in [1.807, 2.05) is 0 Å². The van der Waals surface area contributed by atoms with Gasteiger partial charge in [0, 0.05) is 13.6 Å². The molecule has 0 saturated carbocycles. The van der Waals surface area contributed by atoms with Crippen LogP contribution in [0.2, 0.25) is 0 Å². The topological polar surface area (TPSA) is 31.9 Å². The minimum absolute atomic E-state index is 1.13. The van der Waals surface area contributed by atoms with E-state index in [-0.39, 0.29) is 0 Å². The SMILES string of the molecule is CN1CCCc2nc[nH]c21. The zero-order valence-corrected chi connectivity index (χ0v) is 6.09. The molecule has 0 spiro atoms. The summed E-state index contributed by atoms with van der Waals surface area (Å²) in [7, 11) is 2.09. The van der Waals surface area contributed by atoms with Gasteiger partial charge in [0.15, 0.2) is 0 Å². The summed E-state index contributed by atoms with van der Waals surface area (Å²) < 4.78 is 0. The highest BCUT2D eigenvalue weighted by Gasteiger charge is 2.14. The Morgan fingerprint density at radius 1 is 1.70 bits per heavy atom. The molecule has 2 rings (SSSR count). The number of aromatic nitrogens is 2. The Morgan fingerprint density at radius 3 is 3.40 bits per heavy atom. The second kappa shape index (κ2) is 2.01. The van der Waals surface area contributed by atoms with Crippen LogP contribution in [-0.2, 0) is 6.42 Å². The third-order valence-corrected chi connectivity index (χ3v) is 1.98. The van der Waals surface area contributed by atoms with E-state index in [1.165, 1.54) is 17.9 Å². The van der Waals surface area contributed by atoms with Gasteiger partial charge in [0.05, 0.1) is 12.0 Å². The van der Waals surface area contributed by atoms with E-state index in [4.69, 9.17) is 0 Å². The minimum Gasteiger partial charge on any atom is -0.360 e. The Balaban J connectivity index is 2.41. The van der Waals surface area contributed by atoms with Crippen molar-refractivity contribution < 1.29 is 0 Å². The second-order valence-electron chi connectivity index (χ2n) is 2.72. The molecule has 0 unspecified atom stereocenters. The predicted molar refractivity (Wildman–Crippen MR) is 40.2 cm³/mol. The molecule has 0 fully saturated rings. The van der Waals surface area contributed by atoms with Gasteiger partial charge in [-0.3, -0.25) is 0 Å². The summed E-state index contributed by atoms with van der Waals surface area (Å²) in [4.78, 5) is 9.55. The summed E-state index contributed by atoms with van der Waals surface area (Å²) in [5, 5.41) is 0. The van der Waals surface area contributed by atoms with Crippen molar-refractivity contribution in [3.8, 4) is 0 Å². The Hall–Kier alpha value is -0.990. The van der Waals surface area contributed by atoms with Gasteiger partial charge < -0.3 is 9.88 Å². The first-order valence-corrected chi connectivity index (χ1v) is 3.61. The van der Waals surface area contributed by atoms with E-state index >= 15 is 0 Å². The molecule has 1 aliphatic rings. The molecule has 1 aromatic rings. The van der Waals surface area contributed by atoms with Gasteiger partial charge in [-0.25, -0.2) is 4.98 Å². The van der Waals surface area contributed by atoms with Crippen molar-refractivity contribution in [3.05, 3.63) is 12.0 Å². The molecule has 0 aliphatic carbocycles. The van der Waals surface area contributed by atoms with Crippen molar-refractivity contribution in [1.29, 1.82) is 0 Å². The predicted octanol–water partition coefficient (Wildman–Crippen LogP) is 0.792. The maximum Gasteiger partial charge on any atom is 0.128 e. The number of rotatable bonds is 0. The lowest BCUT2D eigenvalue weighted by Crippen LogP contribution is -2.24. The molecule has 10 heavy (non-hydrogen) atoms. The number of imidazole rings is 1. The zero-order chi connectivity index (χ0) is 6.97. The largest absolute Gasteiger partial charge is 0.360 e. The number of aromatic amines is 1. The molecule has 1 N–H and O–H groups in total. The highest BCUT2D eigenvalue weighted by molar-refractivity contribution is 5.44. The van der Waals surface area contributed by atoms with E-state index in [9.17, 15) is 0 Å². The molecular weight excluding hydrogens is 126 g/mol. The monoisotopic (exact) mass is 137 g/mol. The quantitative estimate of drug-likeness (QED) is 0.573. The van der Waals surface area contributed by atoms with Gasteiger partial charge in [-0.15, -0.1) is 0 Å². The first kappa shape index (κ1) is 5.77. The van der Waals surface area contributed by atoms with E-state index in [1.54, 1.807) is 6.33 Å². The van der Waals surface area contributed by atoms with Gasteiger partial charge in [-0.05, 0) is 12.8 Å². The second-order valence-corrected chi connectivity index (χ2v) is 2.72.